The molecule has 0 atom stereocenters. The summed E-state index contributed by atoms with van der Waals surface area (Å²) in [6, 6.07) is 0. The van der Waals surface area contributed by atoms with E-state index in [4.69, 9.17) is 0 Å². The predicted octanol–water partition coefficient (Wildman–Crippen LogP) is 0.422. The van der Waals surface area contributed by atoms with Crippen LogP contribution in [0, 0.1) is 5.92 Å². The van der Waals surface area contributed by atoms with Gasteiger partial charge in [0.05, 0.1) is 13.2 Å². The molecule has 1 amide bonds. The molecule has 1 aliphatic rings. The topological polar surface area (TPSA) is 32.3 Å². The lowest BCUT2D eigenvalue weighted by Gasteiger charge is -2.13. The van der Waals surface area contributed by atoms with Gasteiger partial charge in [-0.2, -0.15) is 0 Å². The summed E-state index contributed by atoms with van der Waals surface area (Å²) < 4.78 is 0. The SMILES string of the molecule is CC(C)CCN1CNC(=O)C1. The molecule has 1 N–H and O–H groups in total. The zero-order valence-corrected chi connectivity index (χ0v) is 7.26. The Kier molecular flexibility index (Phi) is 2.88. The summed E-state index contributed by atoms with van der Waals surface area (Å²) in [6.07, 6.45) is 1.18. The molecule has 1 aliphatic heterocycles. The number of amides is 1. The van der Waals surface area contributed by atoms with Crippen molar-refractivity contribution in [3.8, 4) is 0 Å². The Bertz CT molecular complexity index is 145. The molecule has 0 aromatic heterocycles. The molecule has 64 valence electrons. The minimum absolute atomic E-state index is 0.161. The van der Waals surface area contributed by atoms with Crippen LogP contribution < -0.4 is 5.32 Å². The standard InChI is InChI=1S/C8H16N2O/c1-7(2)3-4-10-5-8(11)9-6-10/h7H,3-6H2,1-2H3,(H,9,11). The summed E-state index contributed by atoms with van der Waals surface area (Å²) in [4.78, 5) is 12.9. The summed E-state index contributed by atoms with van der Waals surface area (Å²) in [6.45, 7) is 6.77. The number of nitrogens with zero attached hydrogens (tertiary/aromatic N) is 1. The van der Waals surface area contributed by atoms with Crippen LogP contribution in [-0.2, 0) is 4.79 Å². The molecule has 3 heteroatoms. The van der Waals surface area contributed by atoms with E-state index in [9.17, 15) is 4.79 Å². The van der Waals surface area contributed by atoms with E-state index in [0.29, 0.717) is 6.54 Å². The van der Waals surface area contributed by atoms with E-state index >= 15 is 0 Å². The molecule has 1 rings (SSSR count). The minimum Gasteiger partial charge on any atom is -0.342 e. The third kappa shape index (κ3) is 2.89. The maximum absolute atomic E-state index is 10.7. The average molecular weight is 156 g/mol. The lowest BCUT2D eigenvalue weighted by atomic mass is 10.1. The second kappa shape index (κ2) is 3.72. The minimum atomic E-state index is 0.161. The van der Waals surface area contributed by atoms with Crippen LogP contribution >= 0.6 is 0 Å². The van der Waals surface area contributed by atoms with Crippen LogP contribution in [0.5, 0.6) is 0 Å². The second-order valence-electron chi connectivity index (χ2n) is 3.49. The highest BCUT2D eigenvalue weighted by molar-refractivity contribution is 5.79. The summed E-state index contributed by atoms with van der Waals surface area (Å²) >= 11 is 0. The van der Waals surface area contributed by atoms with Crippen molar-refractivity contribution >= 4 is 5.91 Å². The van der Waals surface area contributed by atoms with Crippen molar-refractivity contribution in [3.63, 3.8) is 0 Å². The quantitative estimate of drug-likeness (QED) is 0.642. The monoisotopic (exact) mass is 156 g/mol. The Balaban J connectivity index is 2.13. The maximum atomic E-state index is 10.7. The third-order valence-corrected chi connectivity index (χ3v) is 1.89. The van der Waals surface area contributed by atoms with Gasteiger partial charge in [-0.3, -0.25) is 9.69 Å². The number of hydrogen-bond acceptors (Lipinski definition) is 2. The van der Waals surface area contributed by atoms with E-state index < -0.39 is 0 Å². The molecule has 0 bridgehead atoms. The first-order valence-corrected chi connectivity index (χ1v) is 4.17. The molecule has 1 saturated heterocycles. The van der Waals surface area contributed by atoms with Crippen molar-refractivity contribution in [2.75, 3.05) is 19.8 Å². The molecule has 0 unspecified atom stereocenters. The van der Waals surface area contributed by atoms with E-state index in [0.717, 1.165) is 19.1 Å². The van der Waals surface area contributed by atoms with Crippen LogP contribution in [0.25, 0.3) is 0 Å². The van der Waals surface area contributed by atoms with Gasteiger partial charge in [0.25, 0.3) is 0 Å². The highest BCUT2D eigenvalue weighted by atomic mass is 16.2. The number of rotatable bonds is 3. The van der Waals surface area contributed by atoms with Gasteiger partial charge in [0.2, 0.25) is 5.91 Å². The van der Waals surface area contributed by atoms with Gasteiger partial charge in [-0.05, 0) is 12.3 Å². The van der Waals surface area contributed by atoms with E-state index in [1.54, 1.807) is 0 Å². The summed E-state index contributed by atoms with van der Waals surface area (Å²) in [5.74, 6) is 0.888. The molecule has 1 heterocycles. The number of carbonyl (C=O) groups is 1. The van der Waals surface area contributed by atoms with Gasteiger partial charge in [0.1, 0.15) is 0 Å². The fourth-order valence-corrected chi connectivity index (χ4v) is 1.11. The first kappa shape index (κ1) is 8.53. The summed E-state index contributed by atoms with van der Waals surface area (Å²) in [5, 5.41) is 2.78. The average Bonchev–Trinajstić information content (AvgIpc) is 2.31. The third-order valence-electron chi connectivity index (χ3n) is 1.89. The first-order chi connectivity index (χ1) is 5.18. The first-order valence-electron chi connectivity index (χ1n) is 4.17. The van der Waals surface area contributed by atoms with Crippen LogP contribution in [0.2, 0.25) is 0 Å². The largest absolute Gasteiger partial charge is 0.342 e. The Morgan fingerprint density at radius 2 is 2.36 bits per heavy atom. The molecule has 0 aromatic carbocycles. The molecule has 0 radical (unpaired) electrons. The molecule has 3 nitrogen and oxygen atoms in total. The lowest BCUT2D eigenvalue weighted by molar-refractivity contribution is -0.118. The van der Waals surface area contributed by atoms with Crippen molar-refractivity contribution in [2.24, 2.45) is 5.92 Å². The van der Waals surface area contributed by atoms with Crippen LogP contribution in [0.15, 0.2) is 0 Å². The molecule has 0 spiro atoms. The molecule has 11 heavy (non-hydrogen) atoms. The Morgan fingerprint density at radius 1 is 1.64 bits per heavy atom. The van der Waals surface area contributed by atoms with Gasteiger partial charge in [-0.15, -0.1) is 0 Å². The fraction of sp³-hybridized carbons (Fsp3) is 0.875. The van der Waals surface area contributed by atoms with Crippen LogP contribution in [-0.4, -0.2) is 30.6 Å². The molecule has 0 saturated carbocycles. The van der Waals surface area contributed by atoms with E-state index in [1.807, 2.05) is 0 Å². The van der Waals surface area contributed by atoms with Crippen molar-refractivity contribution in [3.05, 3.63) is 0 Å². The highest BCUT2D eigenvalue weighted by Crippen LogP contribution is 2.02. The molecular formula is C8H16N2O. The maximum Gasteiger partial charge on any atom is 0.235 e. The molecule has 0 aromatic rings. The summed E-state index contributed by atoms with van der Waals surface area (Å²) in [5.41, 5.74) is 0. The molecular weight excluding hydrogens is 140 g/mol. The zero-order valence-electron chi connectivity index (χ0n) is 7.26. The van der Waals surface area contributed by atoms with Gasteiger partial charge in [-0.1, -0.05) is 13.8 Å². The second-order valence-corrected chi connectivity index (χ2v) is 3.49. The highest BCUT2D eigenvalue weighted by Gasteiger charge is 2.17. The van der Waals surface area contributed by atoms with Gasteiger partial charge in [-0.25, -0.2) is 0 Å². The van der Waals surface area contributed by atoms with Crippen LogP contribution in [0.3, 0.4) is 0 Å². The van der Waals surface area contributed by atoms with Gasteiger partial charge < -0.3 is 5.32 Å². The fourth-order valence-electron chi connectivity index (χ4n) is 1.11. The van der Waals surface area contributed by atoms with Crippen molar-refractivity contribution in [1.29, 1.82) is 0 Å². The number of hydrogen-bond donors (Lipinski definition) is 1. The summed E-state index contributed by atoms with van der Waals surface area (Å²) in [7, 11) is 0. The Morgan fingerprint density at radius 3 is 2.82 bits per heavy atom. The number of nitrogens with one attached hydrogen (secondary N) is 1. The lowest BCUT2D eigenvalue weighted by Crippen LogP contribution is -2.24. The normalized spacial score (nSPS) is 19.4. The van der Waals surface area contributed by atoms with Gasteiger partial charge >= 0.3 is 0 Å². The smallest absolute Gasteiger partial charge is 0.235 e. The van der Waals surface area contributed by atoms with Crippen molar-refractivity contribution in [2.45, 2.75) is 20.3 Å². The van der Waals surface area contributed by atoms with E-state index in [1.165, 1.54) is 6.42 Å². The van der Waals surface area contributed by atoms with Crippen molar-refractivity contribution < 1.29 is 4.79 Å². The number of carbonyl (C=O) groups excluding carboxylic acids is 1. The van der Waals surface area contributed by atoms with Gasteiger partial charge in [0.15, 0.2) is 0 Å². The Labute approximate surface area is 67.8 Å². The predicted molar refractivity (Wildman–Crippen MR) is 44.0 cm³/mol. The van der Waals surface area contributed by atoms with Crippen molar-refractivity contribution in [1.82, 2.24) is 10.2 Å². The van der Waals surface area contributed by atoms with E-state index in [2.05, 4.69) is 24.1 Å². The van der Waals surface area contributed by atoms with Crippen LogP contribution in [0.1, 0.15) is 20.3 Å². The molecule has 0 aliphatic carbocycles. The zero-order chi connectivity index (χ0) is 8.27. The van der Waals surface area contributed by atoms with E-state index in [-0.39, 0.29) is 5.91 Å². The van der Waals surface area contributed by atoms with Crippen LogP contribution in [0.4, 0.5) is 0 Å². The van der Waals surface area contributed by atoms with Gasteiger partial charge in [0, 0.05) is 6.54 Å². The Hall–Kier alpha value is -0.570. The molecule has 1 fully saturated rings.